The molecular formula is C7H4NO3. The number of nitrogens with zero attached hydrogens (tertiary/aromatic N) is 1. The van der Waals surface area contributed by atoms with Crippen LogP contribution >= 0.6 is 0 Å². The largest absolute Gasteiger partial charge is 0.298 e. The highest BCUT2D eigenvalue weighted by Gasteiger charge is 2.03. The maximum Gasteiger partial charge on any atom is 0.270 e. The molecule has 55 valence electrons. The molecule has 0 heterocycles. The molecule has 0 aromatic heterocycles. The predicted octanol–water partition coefficient (Wildman–Crippen LogP) is 1.21. The van der Waals surface area contributed by atoms with E-state index < -0.39 is 4.92 Å². The van der Waals surface area contributed by atoms with E-state index in [0.717, 1.165) is 0 Å². The van der Waals surface area contributed by atoms with Gasteiger partial charge < -0.3 is 0 Å². The molecule has 0 saturated heterocycles. The fourth-order valence-electron chi connectivity index (χ4n) is 0.654. The van der Waals surface area contributed by atoms with Crippen molar-refractivity contribution in [3.05, 3.63) is 39.9 Å². The van der Waals surface area contributed by atoms with Gasteiger partial charge in [-0.3, -0.25) is 14.9 Å². The molecule has 0 spiro atoms. The van der Waals surface area contributed by atoms with Crippen molar-refractivity contribution >= 4 is 12.0 Å². The highest BCUT2D eigenvalue weighted by atomic mass is 16.6. The summed E-state index contributed by atoms with van der Waals surface area (Å²) in [6.45, 7) is 0. The fraction of sp³-hybridized carbons (Fsp3) is 0. The predicted molar refractivity (Wildman–Crippen MR) is 37.3 cm³/mol. The van der Waals surface area contributed by atoms with Crippen molar-refractivity contribution in [3.8, 4) is 0 Å². The van der Waals surface area contributed by atoms with Crippen LogP contribution in [0.3, 0.4) is 0 Å². The molecule has 0 fully saturated rings. The van der Waals surface area contributed by atoms with E-state index in [4.69, 9.17) is 0 Å². The average molecular weight is 150 g/mol. The van der Waals surface area contributed by atoms with Crippen molar-refractivity contribution in [2.75, 3.05) is 0 Å². The Kier molecular flexibility index (Phi) is 1.96. The number of hydrogen-bond acceptors (Lipinski definition) is 3. The molecule has 0 atom stereocenters. The van der Waals surface area contributed by atoms with Crippen LogP contribution in [0.15, 0.2) is 18.2 Å². The Balaban J connectivity index is 3.10. The van der Waals surface area contributed by atoms with E-state index in [-0.39, 0.29) is 11.3 Å². The van der Waals surface area contributed by atoms with Crippen LogP contribution in [0, 0.1) is 16.2 Å². The SMILES string of the molecule is O=Cc1[c]ccc([N+](=O)[O-])c1. The first kappa shape index (κ1) is 7.40. The van der Waals surface area contributed by atoms with Crippen LogP contribution in [0.5, 0.6) is 0 Å². The molecule has 1 aromatic carbocycles. The Morgan fingerprint density at radius 2 is 2.36 bits per heavy atom. The molecule has 0 aliphatic rings. The van der Waals surface area contributed by atoms with Crippen molar-refractivity contribution in [2.24, 2.45) is 0 Å². The van der Waals surface area contributed by atoms with Crippen molar-refractivity contribution < 1.29 is 9.72 Å². The van der Waals surface area contributed by atoms with Gasteiger partial charge in [-0.1, -0.05) is 0 Å². The van der Waals surface area contributed by atoms with Gasteiger partial charge in [-0.2, -0.15) is 0 Å². The molecule has 11 heavy (non-hydrogen) atoms. The topological polar surface area (TPSA) is 60.2 Å². The van der Waals surface area contributed by atoms with Gasteiger partial charge >= 0.3 is 0 Å². The monoisotopic (exact) mass is 150 g/mol. The van der Waals surface area contributed by atoms with Crippen LogP contribution in [-0.4, -0.2) is 11.2 Å². The van der Waals surface area contributed by atoms with E-state index >= 15 is 0 Å². The maximum absolute atomic E-state index is 10.1. The molecule has 0 saturated carbocycles. The van der Waals surface area contributed by atoms with Gasteiger partial charge in [0.25, 0.3) is 5.69 Å². The standard InChI is InChI=1S/C7H4NO3/c9-5-6-2-1-3-7(4-6)8(10)11/h1,3-5H. The maximum atomic E-state index is 10.1. The summed E-state index contributed by atoms with van der Waals surface area (Å²) in [6, 6.07) is 6.35. The first-order chi connectivity index (χ1) is 5.24. The number of nitro groups is 1. The van der Waals surface area contributed by atoms with Crippen LogP contribution in [0.1, 0.15) is 10.4 Å². The van der Waals surface area contributed by atoms with Gasteiger partial charge in [0.2, 0.25) is 0 Å². The number of rotatable bonds is 2. The van der Waals surface area contributed by atoms with E-state index in [9.17, 15) is 14.9 Å². The quantitative estimate of drug-likeness (QED) is 0.361. The molecule has 0 unspecified atom stereocenters. The Bertz CT molecular complexity index is 295. The Labute approximate surface area is 62.6 Å². The highest BCUT2D eigenvalue weighted by molar-refractivity contribution is 5.75. The fourth-order valence-corrected chi connectivity index (χ4v) is 0.654. The second-order valence-corrected chi connectivity index (χ2v) is 1.88. The van der Waals surface area contributed by atoms with Gasteiger partial charge in [-0.25, -0.2) is 0 Å². The van der Waals surface area contributed by atoms with Crippen molar-refractivity contribution in [1.29, 1.82) is 0 Å². The van der Waals surface area contributed by atoms with Crippen LogP contribution < -0.4 is 0 Å². The van der Waals surface area contributed by atoms with E-state index in [2.05, 4.69) is 6.07 Å². The van der Waals surface area contributed by atoms with Crippen molar-refractivity contribution in [2.45, 2.75) is 0 Å². The van der Waals surface area contributed by atoms with Crippen LogP contribution in [0.25, 0.3) is 0 Å². The van der Waals surface area contributed by atoms with E-state index in [1.54, 1.807) is 0 Å². The van der Waals surface area contributed by atoms with E-state index in [1.165, 1.54) is 18.2 Å². The van der Waals surface area contributed by atoms with Crippen molar-refractivity contribution in [3.63, 3.8) is 0 Å². The molecular weight excluding hydrogens is 146 g/mol. The summed E-state index contributed by atoms with van der Waals surface area (Å²) in [7, 11) is 0. The van der Waals surface area contributed by atoms with Gasteiger partial charge in [-0.15, -0.1) is 0 Å². The van der Waals surface area contributed by atoms with Gasteiger partial charge in [0.05, 0.1) is 4.92 Å². The highest BCUT2D eigenvalue weighted by Crippen LogP contribution is 2.10. The van der Waals surface area contributed by atoms with Gasteiger partial charge in [0.15, 0.2) is 6.29 Å². The number of carbonyl (C=O) groups is 1. The van der Waals surface area contributed by atoms with Crippen LogP contribution in [0.2, 0.25) is 0 Å². The van der Waals surface area contributed by atoms with Gasteiger partial charge in [-0.05, 0) is 12.1 Å². The molecule has 0 aliphatic carbocycles. The molecule has 1 aromatic rings. The summed E-state index contributed by atoms with van der Waals surface area (Å²) in [4.78, 5) is 19.7. The van der Waals surface area contributed by atoms with Crippen LogP contribution in [0.4, 0.5) is 5.69 Å². The van der Waals surface area contributed by atoms with Gasteiger partial charge in [0, 0.05) is 17.7 Å². The lowest BCUT2D eigenvalue weighted by Gasteiger charge is -1.89. The third-order valence-electron chi connectivity index (χ3n) is 1.15. The minimum absolute atomic E-state index is 0.0918. The normalized spacial score (nSPS) is 9.09. The van der Waals surface area contributed by atoms with Gasteiger partial charge in [0.1, 0.15) is 0 Å². The first-order valence-corrected chi connectivity index (χ1v) is 2.85. The zero-order valence-electron chi connectivity index (χ0n) is 5.48. The minimum atomic E-state index is -0.555. The molecule has 0 bridgehead atoms. The molecule has 0 N–H and O–H groups in total. The number of benzene rings is 1. The molecule has 4 nitrogen and oxygen atoms in total. The number of non-ortho nitro benzene ring substituents is 1. The van der Waals surface area contributed by atoms with E-state index in [1.807, 2.05) is 0 Å². The lowest BCUT2D eigenvalue weighted by Crippen LogP contribution is -1.88. The Morgan fingerprint density at radius 1 is 1.64 bits per heavy atom. The molecule has 0 aliphatic heterocycles. The number of hydrogen-bond donors (Lipinski definition) is 0. The summed E-state index contributed by atoms with van der Waals surface area (Å²) in [6.07, 6.45) is 0.521. The number of nitro benzene ring substituents is 1. The molecule has 0 amide bonds. The Hall–Kier alpha value is -1.71. The van der Waals surface area contributed by atoms with Crippen molar-refractivity contribution in [1.82, 2.24) is 0 Å². The zero-order chi connectivity index (χ0) is 8.27. The molecule has 1 rings (SSSR count). The first-order valence-electron chi connectivity index (χ1n) is 2.85. The number of carbonyl (C=O) groups excluding carboxylic acids is 1. The third-order valence-corrected chi connectivity index (χ3v) is 1.15. The molecule has 4 heteroatoms. The number of aldehydes is 1. The smallest absolute Gasteiger partial charge is 0.270 e. The lowest BCUT2D eigenvalue weighted by atomic mass is 10.2. The summed E-state index contributed by atoms with van der Waals surface area (Å²) in [5.74, 6) is 0. The summed E-state index contributed by atoms with van der Waals surface area (Å²) in [5.41, 5.74) is 0.102. The molecule has 1 radical (unpaired) electrons. The Morgan fingerprint density at radius 3 is 2.91 bits per heavy atom. The average Bonchev–Trinajstić information content (AvgIpc) is 2.05. The second kappa shape index (κ2) is 2.92. The summed E-state index contributed by atoms with van der Waals surface area (Å²) < 4.78 is 0. The zero-order valence-corrected chi connectivity index (χ0v) is 5.48. The minimum Gasteiger partial charge on any atom is -0.298 e. The van der Waals surface area contributed by atoms with Crippen LogP contribution in [-0.2, 0) is 0 Å². The lowest BCUT2D eigenvalue weighted by molar-refractivity contribution is -0.384. The van der Waals surface area contributed by atoms with E-state index in [0.29, 0.717) is 6.29 Å². The summed E-state index contributed by atoms with van der Waals surface area (Å²) in [5, 5.41) is 10.1. The summed E-state index contributed by atoms with van der Waals surface area (Å²) >= 11 is 0. The second-order valence-electron chi connectivity index (χ2n) is 1.88. The third kappa shape index (κ3) is 1.61.